The van der Waals surface area contributed by atoms with E-state index >= 15 is 0 Å². The van der Waals surface area contributed by atoms with Crippen LogP contribution >= 0.6 is 0 Å². The molecule has 1 saturated heterocycles. The standard InChI is InChI=1S/C18H27NO2/c1-4-21-18-8-6-5-7-16(18)17(20)13-19-11-9-15(10-12-19)14(2)3/h5-8,14-15H,4,9-13H2,1-3H3. The first-order valence-electron chi connectivity index (χ1n) is 8.09. The SMILES string of the molecule is CCOc1ccccc1C(=O)CN1CCC(C(C)C)CC1. The van der Waals surface area contributed by atoms with Gasteiger partial charge in [0.1, 0.15) is 5.75 Å². The summed E-state index contributed by atoms with van der Waals surface area (Å²) in [6, 6.07) is 7.56. The number of ether oxygens (including phenoxy) is 1. The molecule has 0 aliphatic carbocycles. The molecular formula is C18H27NO2. The van der Waals surface area contributed by atoms with Gasteiger partial charge in [-0.3, -0.25) is 9.69 Å². The minimum Gasteiger partial charge on any atom is -0.493 e. The summed E-state index contributed by atoms with van der Waals surface area (Å²) in [5.41, 5.74) is 0.713. The van der Waals surface area contributed by atoms with E-state index in [2.05, 4.69) is 18.7 Å². The molecule has 1 heterocycles. The second-order valence-corrected chi connectivity index (χ2v) is 6.21. The van der Waals surface area contributed by atoms with Gasteiger partial charge in [-0.2, -0.15) is 0 Å². The number of hydrogen-bond acceptors (Lipinski definition) is 3. The number of ketones is 1. The maximum Gasteiger partial charge on any atom is 0.180 e. The van der Waals surface area contributed by atoms with Gasteiger partial charge < -0.3 is 4.74 Å². The van der Waals surface area contributed by atoms with Crippen LogP contribution in [0.4, 0.5) is 0 Å². The highest BCUT2D eigenvalue weighted by atomic mass is 16.5. The Morgan fingerprint density at radius 2 is 1.95 bits per heavy atom. The smallest absolute Gasteiger partial charge is 0.180 e. The Hall–Kier alpha value is -1.35. The van der Waals surface area contributed by atoms with Gasteiger partial charge in [-0.05, 0) is 56.8 Å². The van der Waals surface area contributed by atoms with Crippen molar-refractivity contribution in [3.05, 3.63) is 29.8 Å². The lowest BCUT2D eigenvalue weighted by Gasteiger charge is -2.33. The first-order chi connectivity index (χ1) is 10.1. The summed E-state index contributed by atoms with van der Waals surface area (Å²) in [6.45, 7) is 9.70. The molecule has 0 aromatic heterocycles. The number of rotatable bonds is 6. The van der Waals surface area contributed by atoms with Gasteiger partial charge in [0.05, 0.1) is 18.7 Å². The van der Waals surface area contributed by atoms with E-state index in [1.165, 1.54) is 12.8 Å². The van der Waals surface area contributed by atoms with Gasteiger partial charge in [-0.15, -0.1) is 0 Å². The Morgan fingerprint density at radius 3 is 2.57 bits per heavy atom. The molecule has 0 N–H and O–H groups in total. The van der Waals surface area contributed by atoms with Crippen molar-refractivity contribution < 1.29 is 9.53 Å². The molecule has 0 bridgehead atoms. The summed E-state index contributed by atoms with van der Waals surface area (Å²) in [5.74, 6) is 2.44. The van der Waals surface area contributed by atoms with E-state index in [4.69, 9.17) is 4.74 Å². The molecular weight excluding hydrogens is 262 g/mol. The van der Waals surface area contributed by atoms with E-state index in [-0.39, 0.29) is 5.78 Å². The highest BCUT2D eigenvalue weighted by Crippen LogP contribution is 2.25. The van der Waals surface area contributed by atoms with Crippen molar-refractivity contribution >= 4 is 5.78 Å². The fourth-order valence-corrected chi connectivity index (χ4v) is 3.04. The molecule has 3 nitrogen and oxygen atoms in total. The van der Waals surface area contributed by atoms with Crippen LogP contribution in [-0.2, 0) is 0 Å². The first-order valence-corrected chi connectivity index (χ1v) is 8.09. The zero-order valence-corrected chi connectivity index (χ0v) is 13.5. The van der Waals surface area contributed by atoms with Crippen LogP contribution in [0.3, 0.4) is 0 Å². The molecule has 0 radical (unpaired) electrons. The van der Waals surface area contributed by atoms with Gasteiger partial charge >= 0.3 is 0 Å². The summed E-state index contributed by atoms with van der Waals surface area (Å²) in [5, 5.41) is 0. The van der Waals surface area contributed by atoms with E-state index in [1.54, 1.807) is 0 Å². The summed E-state index contributed by atoms with van der Waals surface area (Å²) < 4.78 is 5.56. The molecule has 1 fully saturated rings. The summed E-state index contributed by atoms with van der Waals surface area (Å²) in [7, 11) is 0. The van der Waals surface area contributed by atoms with E-state index < -0.39 is 0 Å². The average Bonchev–Trinajstić information content (AvgIpc) is 2.48. The molecule has 0 amide bonds. The van der Waals surface area contributed by atoms with Crippen LogP contribution in [0, 0.1) is 11.8 Å². The third-order valence-electron chi connectivity index (χ3n) is 4.43. The maximum absolute atomic E-state index is 12.5. The summed E-state index contributed by atoms with van der Waals surface area (Å²) in [4.78, 5) is 14.8. The number of para-hydroxylation sites is 1. The first kappa shape index (κ1) is 16.0. The van der Waals surface area contributed by atoms with E-state index in [9.17, 15) is 4.79 Å². The zero-order valence-electron chi connectivity index (χ0n) is 13.5. The minimum absolute atomic E-state index is 0.169. The Morgan fingerprint density at radius 1 is 1.29 bits per heavy atom. The van der Waals surface area contributed by atoms with Crippen molar-refractivity contribution in [2.45, 2.75) is 33.6 Å². The number of likely N-dealkylation sites (tertiary alicyclic amines) is 1. The fourth-order valence-electron chi connectivity index (χ4n) is 3.04. The van der Waals surface area contributed by atoms with Crippen molar-refractivity contribution in [3.63, 3.8) is 0 Å². The topological polar surface area (TPSA) is 29.5 Å². The zero-order chi connectivity index (χ0) is 15.2. The van der Waals surface area contributed by atoms with Gasteiger partial charge in [0, 0.05) is 0 Å². The van der Waals surface area contributed by atoms with Gasteiger partial charge in [-0.25, -0.2) is 0 Å². The largest absolute Gasteiger partial charge is 0.493 e. The van der Waals surface area contributed by atoms with Crippen molar-refractivity contribution in [2.24, 2.45) is 11.8 Å². The lowest BCUT2D eigenvalue weighted by Crippen LogP contribution is -2.38. The van der Waals surface area contributed by atoms with Crippen LogP contribution in [0.25, 0.3) is 0 Å². The van der Waals surface area contributed by atoms with Gasteiger partial charge in [0.15, 0.2) is 5.78 Å². The highest BCUT2D eigenvalue weighted by molar-refractivity contribution is 6.00. The molecule has 2 rings (SSSR count). The molecule has 0 atom stereocenters. The Bertz CT molecular complexity index is 462. The quantitative estimate of drug-likeness (QED) is 0.749. The third kappa shape index (κ3) is 4.31. The van der Waals surface area contributed by atoms with Crippen molar-refractivity contribution in [1.29, 1.82) is 0 Å². The molecule has 1 aromatic rings. The van der Waals surface area contributed by atoms with Gasteiger partial charge in [0.25, 0.3) is 0 Å². The fraction of sp³-hybridized carbons (Fsp3) is 0.611. The van der Waals surface area contributed by atoms with E-state index in [0.717, 1.165) is 24.9 Å². The predicted octanol–water partition coefficient (Wildman–Crippen LogP) is 3.64. The Labute approximate surface area is 128 Å². The van der Waals surface area contributed by atoms with Crippen LogP contribution in [0.5, 0.6) is 5.75 Å². The molecule has 1 aromatic carbocycles. The summed E-state index contributed by atoms with van der Waals surface area (Å²) >= 11 is 0. The molecule has 0 saturated carbocycles. The van der Waals surface area contributed by atoms with Crippen LogP contribution in [0.15, 0.2) is 24.3 Å². The van der Waals surface area contributed by atoms with Crippen LogP contribution in [0.2, 0.25) is 0 Å². The number of hydrogen-bond donors (Lipinski definition) is 0. The maximum atomic E-state index is 12.5. The Kier molecular flexibility index (Phi) is 5.80. The van der Waals surface area contributed by atoms with Crippen molar-refractivity contribution in [1.82, 2.24) is 4.90 Å². The molecule has 0 unspecified atom stereocenters. The molecule has 21 heavy (non-hydrogen) atoms. The van der Waals surface area contributed by atoms with Gasteiger partial charge in [0.2, 0.25) is 0 Å². The number of carbonyl (C=O) groups excluding carboxylic acids is 1. The second kappa shape index (κ2) is 7.60. The monoisotopic (exact) mass is 289 g/mol. The predicted molar refractivity (Wildman–Crippen MR) is 85.9 cm³/mol. The third-order valence-corrected chi connectivity index (χ3v) is 4.43. The number of nitrogens with zero attached hydrogens (tertiary/aromatic N) is 1. The molecule has 1 aliphatic heterocycles. The number of Topliss-reactive ketones (excluding diaryl/α,β-unsaturated/α-hetero) is 1. The lowest BCUT2D eigenvalue weighted by atomic mass is 9.86. The van der Waals surface area contributed by atoms with E-state index in [1.807, 2.05) is 31.2 Å². The molecule has 1 aliphatic rings. The van der Waals surface area contributed by atoms with Crippen LogP contribution < -0.4 is 4.74 Å². The van der Waals surface area contributed by atoms with Gasteiger partial charge in [-0.1, -0.05) is 26.0 Å². The average molecular weight is 289 g/mol. The molecule has 116 valence electrons. The normalized spacial score (nSPS) is 17.1. The van der Waals surface area contributed by atoms with Crippen LogP contribution in [0.1, 0.15) is 44.0 Å². The highest BCUT2D eigenvalue weighted by Gasteiger charge is 2.23. The summed E-state index contributed by atoms with van der Waals surface area (Å²) in [6.07, 6.45) is 2.41. The van der Waals surface area contributed by atoms with E-state index in [0.29, 0.717) is 24.5 Å². The lowest BCUT2D eigenvalue weighted by molar-refractivity contribution is 0.0876. The molecule has 0 spiro atoms. The number of piperidine rings is 1. The number of benzene rings is 1. The molecule has 3 heteroatoms. The number of carbonyl (C=O) groups is 1. The van der Waals surface area contributed by atoms with Crippen molar-refractivity contribution in [2.75, 3.05) is 26.2 Å². The minimum atomic E-state index is 0.169. The second-order valence-electron chi connectivity index (χ2n) is 6.21. The van der Waals surface area contributed by atoms with Crippen molar-refractivity contribution in [3.8, 4) is 5.75 Å². The Balaban J connectivity index is 1.93. The van der Waals surface area contributed by atoms with Crippen LogP contribution in [-0.4, -0.2) is 36.9 Å².